The molecule has 0 N–H and O–H groups in total. The Balaban J connectivity index is 1.54. The molecule has 0 aromatic heterocycles. The Labute approximate surface area is 230 Å². The van der Waals surface area contributed by atoms with Crippen LogP contribution in [0.2, 0.25) is 0 Å². The molecule has 192 valence electrons. The Morgan fingerprint density at radius 2 is 1.51 bits per heavy atom. The average Bonchev–Trinajstić information content (AvgIpc) is 2.97. The number of methoxy groups -OCH3 is 1. The minimum absolute atomic E-state index is 0.750. The van der Waals surface area contributed by atoms with Gasteiger partial charge in [0.15, 0.2) is 5.60 Å². The fourth-order valence-corrected chi connectivity index (χ4v) is 6.51. The Morgan fingerprint density at radius 1 is 0.744 bits per heavy atom. The van der Waals surface area contributed by atoms with Gasteiger partial charge in [0.25, 0.3) is 0 Å². The maximum atomic E-state index is 7.39. The van der Waals surface area contributed by atoms with Gasteiger partial charge in [-0.2, -0.15) is 0 Å². The number of fused-ring (bicyclic) bond motifs is 8. The third-order valence-electron chi connectivity index (χ3n) is 8.54. The molecule has 0 saturated heterocycles. The highest BCUT2D eigenvalue weighted by atomic mass is 16.5. The lowest BCUT2D eigenvalue weighted by Gasteiger charge is -2.39. The minimum atomic E-state index is -0.750. The van der Waals surface area contributed by atoms with E-state index in [9.17, 15) is 0 Å². The molecule has 2 heteroatoms. The summed E-state index contributed by atoms with van der Waals surface area (Å²) in [4.78, 5) is 0. The van der Waals surface area contributed by atoms with Crippen molar-refractivity contribution in [3.05, 3.63) is 136 Å². The van der Waals surface area contributed by atoms with Crippen molar-refractivity contribution in [1.29, 1.82) is 0 Å². The van der Waals surface area contributed by atoms with Crippen molar-refractivity contribution < 1.29 is 9.47 Å². The van der Waals surface area contributed by atoms with Crippen molar-refractivity contribution in [3.63, 3.8) is 0 Å². The second kappa shape index (κ2) is 8.88. The van der Waals surface area contributed by atoms with E-state index in [0.29, 0.717) is 0 Å². The smallest absolute Gasteiger partial charge is 0.178 e. The molecule has 2 nitrogen and oxygen atoms in total. The Morgan fingerprint density at radius 3 is 2.31 bits per heavy atom. The fourth-order valence-electron chi connectivity index (χ4n) is 6.51. The van der Waals surface area contributed by atoms with Gasteiger partial charge in [0.2, 0.25) is 0 Å². The van der Waals surface area contributed by atoms with Crippen LogP contribution < -0.4 is 9.47 Å². The Kier molecular flexibility index (Phi) is 5.42. The zero-order valence-corrected chi connectivity index (χ0v) is 23.0. The molecule has 7 rings (SSSR count). The summed E-state index contributed by atoms with van der Waals surface area (Å²) >= 11 is 0. The van der Waals surface area contributed by atoms with E-state index in [1.807, 2.05) is 0 Å². The first-order valence-corrected chi connectivity index (χ1v) is 13.8. The number of hydrogen-bond acceptors (Lipinski definition) is 2. The van der Waals surface area contributed by atoms with Crippen LogP contribution in [-0.2, 0) is 18.4 Å². The molecule has 0 bridgehead atoms. The number of ether oxygens (including phenoxy) is 2. The summed E-state index contributed by atoms with van der Waals surface area (Å²) in [5, 5.41) is 2.55. The van der Waals surface area contributed by atoms with Crippen LogP contribution in [0.4, 0.5) is 0 Å². The van der Waals surface area contributed by atoms with E-state index in [2.05, 4.69) is 118 Å². The normalized spacial score (nSPS) is 17.2. The van der Waals surface area contributed by atoms with Crippen molar-refractivity contribution in [3.8, 4) is 22.6 Å². The van der Waals surface area contributed by atoms with Crippen LogP contribution in [0.25, 0.3) is 28.0 Å². The maximum Gasteiger partial charge on any atom is 0.178 e. The number of hydrogen-bond donors (Lipinski definition) is 0. The molecule has 0 saturated carbocycles. The van der Waals surface area contributed by atoms with Crippen molar-refractivity contribution in [2.24, 2.45) is 0 Å². The SMILES string of the molecule is COc1ccc(C2(c3ccc(C)cc3)C=Cc3c(c4c(c5ccc(C)cc35)-c3ccccc3CC4)O2)cc1C. The third-order valence-corrected chi connectivity index (χ3v) is 8.54. The summed E-state index contributed by atoms with van der Waals surface area (Å²) in [6.07, 6.45) is 6.53. The van der Waals surface area contributed by atoms with Gasteiger partial charge >= 0.3 is 0 Å². The van der Waals surface area contributed by atoms with Crippen LogP contribution in [0.5, 0.6) is 11.5 Å². The van der Waals surface area contributed by atoms with Crippen molar-refractivity contribution in [1.82, 2.24) is 0 Å². The Hall–Kier alpha value is -4.30. The molecule has 0 fully saturated rings. The van der Waals surface area contributed by atoms with Crippen LogP contribution in [0.1, 0.15) is 44.5 Å². The van der Waals surface area contributed by atoms with Crippen molar-refractivity contribution >= 4 is 16.8 Å². The quantitative estimate of drug-likeness (QED) is 0.242. The van der Waals surface area contributed by atoms with E-state index in [0.717, 1.165) is 41.0 Å². The third kappa shape index (κ3) is 3.62. The molecule has 1 unspecified atom stereocenters. The molecule has 1 atom stereocenters. The predicted molar refractivity (Wildman–Crippen MR) is 161 cm³/mol. The van der Waals surface area contributed by atoms with E-state index in [1.165, 1.54) is 49.7 Å². The van der Waals surface area contributed by atoms with Gasteiger partial charge in [-0.3, -0.25) is 0 Å². The van der Waals surface area contributed by atoms with Crippen LogP contribution in [-0.4, -0.2) is 7.11 Å². The molecular formula is C37H32O2. The van der Waals surface area contributed by atoms with Crippen molar-refractivity contribution in [2.45, 2.75) is 39.2 Å². The highest BCUT2D eigenvalue weighted by Crippen LogP contribution is 2.52. The predicted octanol–water partition coefficient (Wildman–Crippen LogP) is 8.89. The van der Waals surface area contributed by atoms with E-state index >= 15 is 0 Å². The van der Waals surface area contributed by atoms with Gasteiger partial charge in [0.05, 0.1) is 7.11 Å². The molecule has 0 spiro atoms. The molecule has 1 aliphatic heterocycles. The van der Waals surface area contributed by atoms with Gasteiger partial charge in [-0.25, -0.2) is 0 Å². The summed E-state index contributed by atoms with van der Waals surface area (Å²) in [6, 6.07) is 30.9. The van der Waals surface area contributed by atoms with Gasteiger partial charge in [-0.15, -0.1) is 0 Å². The summed E-state index contributed by atoms with van der Waals surface area (Å²) in [5.74, 6) is 1.89. The highest BCUT2D eigenvalue weighted by Gasteiger charge is 2.40. The summed E-state index contributed by atoms with van der Waals surface area (Å²) in [5.41, 5.74) is 11.6. The molecule has 0 radical (unpaired) electrons. The molecule has 1 aliphatic carbocycles. The first-order chi connectivity index (χ1) is 19.0. The van der Waals surface area contributed by atoms with Gasteiger partial charge in [0.1, 0.15) is 11.5 Å². The summed E-state index contributed by atoms with van der Waals surface area (Å²) in [7, 11) is 1.72. The van der Waals surface area contributed by atoms with Gasteiger partial charge in [-0.05, 0) is 90.9 Å². The lowest BCUT2D eigenvalue weighted by molar-refractivity contribution is 0.159. The molecule has 5 aromatic carbocycles. The van der Waals surface area contributed by atoms with Crippen LogP contribution in [0.3, 0.4) is 0 Å². The first kappa shape index (κ1) is 23.8. The number of aryl methyl sites for hydroxylation is 4. The van der Waals surface area contributed by atoms with Crippen molar-refractivity contribution in [2.75, 3.05) is 7.11 Å². The highest BCUT2D eigenvalue weighted by molar-refractivity contribution is 6.06. The zero-order chi connectivity index (χ0) is 26.7. The van der Waals surface area contributed by atoms with Gasteiger partial charge in [-0.1, -0.05) is 83.9 Å². The van der Waals surface area contributed by atoms with E-state index in [4.69, 9.17) is 9.47 Å². The standard InChI is InChI=1S/C37H32O2/c1-23-9-13-27(14-10-23)37(28-15-18-34(38-4)25(3)22-28)20-19-31-33-21-24(2)11-16-30(33)35-29-8-6-5-7-26(29)12-17-32(35)36(31)39-37/h5-11,13-16,18-22H,12,17H2,1-4H3. The van der Waals surface area contributed by atoms with E-state index in [-0.39, 0.29) is 0 Å². The van der Waals surface area contributed by atoms with E-state index in [1.54, 1.807) is 7.11 Å². The second-order valence-corrected chi connectivity index (χ2v) is 11.0. The molecule has 39 heavy (non-hydrogen) atoms. The molecular weight excluding hydrogens is 476 g/mol. The lowest BCUT2D eigenvalue weighted by Crippen LogP contribution is -2.35. The molecule has 1 heterocycles. The topological polar surface area (TPSA) is 18.5 Å². The minimum Gasteiger partial charge on any atom is -0.496 e. The second-order valence-electron chi connectivity index (χ2n) is 11.0. The van der Waals surface area contributed by atoms with Gasteiger partial charge in [0, 0.05) is 22.3 Å². The maximum absolute atomic E-state index is 7.39. The summed E-state index contributed by atoms with van der Waals surface area (Å²) in [6.45, 7) is 6.40. The van der Waals surface area contributed by atoms with Crippen LogP contribution in [0, 0.1) is 20.8 Å². The molecule has 5 aromatic rings. The number of rotatable bonds is 3. The number of benzene rings is 5. The summed E-state index contributed by atoms with van der Waals surface area (Å²) < 4.78 is 13.0. The largest absolute Gasteiger partial charge is 0.496 e. The monoisotopic (exact) mass is 508 g/mol. The zero-order valence-electron chi connectivity index (χ0n) is 23.0. The first-order valence-electron chi connectivity index (χ1n) is 13.8. The molecule has 2 aliphatic rings. The fraction of sp³-hybridized carbons (Fsp3) is 0.189. The van der Waals surface area contributed by atoms with Gasteiger partial charge < -0.3 is 9.47 Å². The molecule has 0 amide bonds. The van der Waals surface area contributed by atoms with Crippen LogP contribution >= 0.6 is 0 Å². The average molecular weight is 509 g/mol. The van der Waals surface area contributed by atoms with E-state index < -0.39 is 5.60 Å². The lowest BCUT2D eigenvalue weighted by atomic mass is 9.77. The Bertz CT molecular complexity index is 1790. The van der Waals surface area contributed by atoms with Crippen LogP contribution in [0.15, 0.2) is 91.0 Å².